The molecule has 0 radical (unpaired) electrons. The van der Waals surface area contributed by atoms with Crippen LogP contribution in [-0.4, -0.2) is 25.8 Å². The summed E-state index contributed by atoms with van der Waals surface area (Å²) < 4.78 is 26.6. The third-order valence-electron chi connectivity index (χ3n) is 2.30. The third-order valence-corrected chi connectivity index (χ3v) is 4.28. The summed E-state index contributed by atoms with van der Waals surface area (Å²) in [5, 5.41) is 10.8. The molecule has 20 heavy (non-hydrogen) atoms. The van der Waals surface area contributed by atoms with Gasteiger partial charge in [0.2, 0.25) is 15.9 Å². The number of amides is 1. The van der Waals surface area contributed by atoms with E-state index in [4.69, 9.17) is 5.73 Å². The van der Waals surface area contributed by atoms with E-state index in [2.05, 4.69) is 20.7 Å². The van der Waals surface area contributed by atoms with Gasteiger partial charge in [-0.2, -0.15) is 0 Å². The van der Waals surface area contributed by atoms with Crippen LogP contribution in [0, 0.1) is 10.1 Å². The molecule has 0 aliphatic rings. The second-order valence-electron chi connectivity index (χ2n) is 3.84. The van der Waals surface area contributed by atoms with Crippen molar-refractivity contribution in [2.24, 2.45) is 5.73 Å². The van der Waals surface area contributed by atoms with E-state index in [0.717, 1.165) is 12.1 Å². The maximum Gasteiger partial charge on any atom is 0.289 e. The Bertz CT molecular complexity index is 632. The molecule has 0 bridgehead atoms. The van der Waals surface area contributed by atoms with Crippen LogP contribution in [0.2, 0.25) is 0 Å². The van der Waals surface area contributed by atoms with Crippen LogP contribution in [0.25, 0.3) is 0 Å². The van der Waals surface area contributed by atoms with Gasteiger partial charge in [0, 0.05) is 23.5 Å². The van der Waals surface area contributed by atoms with E-state index in [1.165, 1.54) is 6.07 Å². The number of nitrogens with zero attached hydrogens (tertiary/aromatic N) is 1. The average Bonchev–Trinajstić information content (AvgIpc) is 2.34. The molecule has 0 saturated carbocycles. The minimum absolute atomic E-state index is 0.0309. The van der Waals surface area contributed by atoms with E-state index < -0.39 is 31.4 Å². The first-order valence-electron chi connectivity index (χ1n) is 5.46. The first-order chi connectivity index (χ1) is 9.24. The van der Waals surface area contributed by atoms with Crippen LogP contribution < -0.4 is 10.5 Å². The van der Waals surface area contributed by atoms with Crippen LogP contribution in [0.15, 0.2) is 27.6 Å². The van der Waals surface area contributed by atoms with Gasteiger partial charge in [-0.05, 0) is 18.6 Å². The number of rotatable bonds is 7. The van der Waals surface area contributed by atoms with Gasteiger partial charge in [0.15, 0.2) is 4.90 Å². The van der Waals surface area contributed by atoms with Gasteiger partial charge in [-0.15, -0.1) is 0 Å². The summed E-state index contributed by atoms with van der Waals surface area (Å²) in [6.45, 7) is -0.0328. The second-order valence-corrected chi connectivity index (χ2v) is 6.49. The number of nitrogens with one attached hydrogen (secondary N) is 1. The van der Waals surface area contributed by atoms with Crippen LogP contribution in [0.5, 0.6) is 0 Å². The Labute approximate surface area is 123 Å². The zero-order chi connectivity index (χ0) is 15.3. The highest BCUT2D eigenvalue weighted by Gasteiger charge is 2.25. The van der Waals surface area contributed by atoms with Crippen molar-refractivity contribution in [3.05, 3.63) is 32.8 Å². The SMILES string of the molecule is NC(=O)CCCNS(=O)(=O)c1cc(Br)ccc1[N+](=O)[O-]. The summed E-state index contributed by atoms with van der Waals surface area (Å²) in [6, 6.07) is 3.63. The number of primary amides is 1. The fraction of sp³-hybridized carbons (Fsp3) is 0.300. The first-order valence-corrected chi connectivity index (χ1v) is 7.73. The van der Waals surface area contributed by atoms with Gasteiger partial charge in [-0.3, -0.25) is 14.9 Å². The molecule has 0 atom stereocenters. The lowest BCUT2D eigenvalue weighted by atomic mass is 10.3. The fourth-order valence-corrected chi connectivity index (χ4v) is 3.18. The normalized spacial score (nSPS) is 11.2. The highest BCUT2D eigenvalue weighted by Crippen LogP contribution is 2.26. The van der Waals surface area contributed by atoms with E-state index in [-0.39, 0.29) is 19.4 Å². The lowest BCUT2D eigenvalue weighted by Crippen LogP contribution is -2.26. The Balaban J connectivity index is 2.94. The Hall–Kier alpha value is -1.52. The second kappa shape index (κ2) is 6.77. The zero-order valence-corrected chi connectivity index (χ0v) is 12.6. The van der Waals surface area contributed by atoms with E-state index in [1.54, 1.807) is 0 Å². The quantitative estimate of drug-likeness (QED) is 0.420. The predicted molar refractivity (Wildman–Crippen MR) is 74.4 cm³/mol. The molecule has 0 fully saturated rings. The first kappa shape index (κ1) is 16.5. The van der Waals surface area contributed by atoms with Gasteiger partial charge in [0.25, 0.3) is 5.69 Å². The summed E-state index contributed by atoms with van der Waals surface area (Å²) in [5.41, 5.74) is 4.41. The molecule has 0 aliphatic heterocycles. The predicted octanol–water partition coefficient (Wildman–Crippen LogP) is 0.901. The highest BCUT2D eigenvalue weighted by molar-refractivity contribution is 9.10. The topological polar surface area (TPSA) is 132 Å². The van der Waals surface area contributed by atoms with Gasteiger partial charge in [-0.25, -0.2) is 13.1 Å². The number of carbonyl (C=O) groups is 1. The third kappa shape index (κ3) is 4.54. The molecule has 0 aliphatic carbocycles. The van der Waals surface area contributed by atoms with Crippen LogP contribution in [-0.2, 0) is 14.8 Å². The lowest BCUT2D eigenvalue weighted by molar-refractivity contribution is -0.387. The molecule has 0 heterocycles. The average molecular weight is 366 g/mol. The van der Waals surface area contributed by atoms with Crippen LogP contribution in [0.3, 0.4) is 0 Å². The molecule has 0 unspecified atom stereocenters. The minimum Gasteiger partial charge on any atom is -0.370 e. The number of benzene rings is 1. The summed E-state index contributed by atoms with van der Waals surface area (Å²) in [4.78, 5) is 20.2. The van der Waals surface area contributed by atoms with Crippen molar-refractivity contribution in [1.82, 2.24) is 4.72 Å². The van der Waals surface area contributed by atoms with Gasteiger partial charge < -0.3 is 5.73 Å². The van der Waals surface area contributed by atoms with E-state index >= 15 is 0 Å². The fourth-order valence-electron chi connectivity index (χ4n) is 1.40. The minimum atomic E-state index is -4.03. The Morgan fingerprint density at radius 3 is 2.65 bits per heavy atom. The highest BCUT2D eigenvalue weighted by atomic mass is 79.9. The van der Waals surface area contributed by atoms with E-state index in [0.29, 0.717) is 4.47 Å². The zero-order valence-electron chi connectivity index (χ0n) is 10.2. The summed E-state index contributed by atoms with van der Waals surface area (Å²) in [7, 11) is -4.03. The molecule has 0 aromatic heterocycles. The number of hydrogen-bond donors (Lipinski definition) is 2. The van der Waals surface area contributed by atoms with Crippen LogP contribution >= 0.6 is 15.9 Å². The molecule has 1 aromatic carbocycles. The molecular weight excluding hydrogens is 354 g/mol. The molecule has 110 valence electrons. The number of nitrogens with two attached hydrogens (primary N) is 1. The Morgan fingerprint density at radius 1 is 1.45 bits per heavy atom. The molecule has 0 spiro atoms. The van der Waals surface area contributed by atoms with Crippen molar-refractivity contribution in [2.45, 2.75) is 17.7 Å². The number of nitro benzene ring substituents is 1. The summed E-state index contributed by atoms with van der Waals surface area (Å²) in [6.07, 6.45) is 0.249. The van der Waals surface area contributed by atoms with Crippen molar-refractivity contribution in [1.29, 1.82) is 0 Å². The molecule has 10 heteroatoms. The molecule has 8 nitrogen and oxygen atoms in total. The van der Waals surface area contributed by atoms with Crippen molar-refractivity contribution in [2.75, 3.05) is 6.54 Å². The Kier molecular flexibility index (Phi) is 5.60. The van der Waals surface area contributed by atoms with Gasteiger partial charge >= 0.3 is 0 Å². The molecule has 3 N–H and O–H groups in total. The number of hydrogen-bond acceptors (Lipinski definition) is 5. The summed E-state index contributed by atoms with van der Waals surface area (Å²) >= 11 is 3.06. The maximum absolute atomic E-state index is 12.0. The van der Waals surface area contributed by atoms with E-state index in [1.807, 2.05) is 0 Å². The van der Waals surface area contributed by atoms with Crippen molar-refractivity contribution in [3.63, 3.8) is 0 Å². The summed E-state index contributed by atoms with van der Waals surface area (Å²) in [5.74, 6) is -0.544. The molecule has 1 amide bonds. The molecule has 1 aromatic rings. The largest absolute Gasteiger partial charge is 0.370 e. The van der Waals surface area contributed by atoms with E-state index in [9.17, 15) is 23.3 Å². The number of carbonyl (C=O) groups excluding carboxylic acids is 1. The van der Waals surface area contributed by atoms with Crippen LogP contribution in [0.4, 0.5) is 5.69 Å². The lowest BCUT2D eigenvalue weighted by Gasteiger charge is -2.07. The standard InChI is InChI=1S/C10H12BrN3O5S/c11-7-3-4-8(14(16)17)9(6-7)20(18,19)13-5-1-2-10(12)15/h3-4,6,13H,1-2,5H2,(H2,12,15). The maximum atomic E-state index is 12.0. The van der Waals surface area contributed by atoms with Gasteiger partial charge in [0.1, 0.15) is 0 Å². The van der Waals surface area contributed by atoms with Gasteiger partial charge in [-0.1, -0.05) is 15.9 Å². The molecular formula is C10H12BrN3O5S. The van der Waals surface area contributed by atoms with Crippen molar-refractivity contribution >= 4 is 37.5 Å². The smallest absolute Gasteiger partial charge is 0.289 e. The molecule has 1 rings (SSSR count). The van der Waals surface area contributed by atoms with Gasteiger partial charge in [0.05, 0.1) is 4.92 Å². The monoisotopic (exact) mass is 365 g/mol. The van der Waals surface area contributed by atoms with Crippen molar-refractivity contribution < 1.29 is 18.1 Å². The Morgan fingerprint density at radius 2 is 2.10 bits per heavy atom. The molecule has 0 saturated heterocycles. The number of sulfonamides is 1. The van der Waals surface area contributed by atoms with Crippen molar-refractivity contribution in [3.8, 4) is 0 Å². The van der Waals surface area contributed by atoms with Crippen LogP contribution in [0.1, 0.15) is 12.8 Å². The number of nitro groups is 1. The number of halogens is 1.